The number of aromatic nitrogens is 1. The molecule has 0 bridgehead atoms. The fraction of sp³-hybridized carbons (Fsp3) is 0.500. The Kier molecular flexibility index (Phi) is 6.25. The van der Waals surface area contributed by atoms with E-state index in [0.29, 0.717) is 37.3 Å². The van der Waals surface area contributed by atoms with Gasteiger partial charge in [-0.3, -0.25) is 9.59 Å². The van der Waals surface area contributed by atoms with Crippen LogP contribution in [-0.4, -0.2) is 35.0 Å². The summed E-state index contributed by atoms with van der Waals surface area (Å²) < 4.78 is 11.1. The second kappa shape index (κ2) is 8.68. The molecule has 0 atom stereocenters. The minimum absolute atomic E-state index is 0.195. The number of primary amides is 1. The van der Waals surface area contributed by atoms with Crippen molar-refractivity contribution in [2.24, 2.45) is 11.1 Å². The van der Waals surface area contributed by atoms with Crippen LogP contribution in [0.4, 0.5) is 0 Å². The second-order valence-electron chi connectivity index (χ2n) is 7.85. The number of hydrogen-bond acceptors (Lipinski definition) is 5. The summed E-state index contributed by atoms with van der Waals surface area (Å²) in [4.78, 5) is 26.8. The first-order valence-corrected chi connectivity index (χ1v) is 10.1. The van der Waals surface area contributed by atoms with Crippen molar-refractivity contribution in [1.29, 1.82) is 0 Å². The number of hydrogen-bond donors (Lipinski definition) is 1. The lowest BCUT2D eigenvalue weighted by atomic mass is 9.74. The Bertz CT molecular complexity index is 865. The van der Waals surface area contributed by atoms with Crippen molar-refractivity contribution in [1.82, 2.24) is 10.1 Å². The van der Waals surface area contributed by atoms with E-state index in [1.807, 2.05) is 38.1 Å². The summed E-state index contributed by atoms with van der Waals surface area (Å²) in [5.41, 5.74) is 7.23. The third kappa shape index (κ3) is 4.44. The van der Waals surface area contributed by atoms with Crippen LogP contribution in [0.2, 0.25) is 0 Å². The number of amides is 2. The molecule has 0 spiro atoms. The van der Waals surface area contributed by atoms with Gasteiger partial charge in [-0.1, -0.05) is 36.2 Å². The molecule has 2 heterocycles. The molecular formula is C22H29N3O4. The first-order valence-electron chi connectivity index (χ1n) is 10.1. The SMILES string of the molecule is CCCC1(C(N)=O)CCN(C(=O)c2noc(C)c2COc2ccc(C)cc2)CC1. The smallest absolute Gasteiger partial charge is 0.276 e. The predicted octanol–water partition coefficient (Wildman–Crippen LogP) is 3.38. The van der Waals surface area contributed by atoms with Crippen LogP contribution in [-0.2, 0) is 11.4 Å². The molecule has 156 valence electrons. The van der Waals surface area contributed by atoms with E-state index in [-0.39, 0.29) is 24.1 Å². The Morgan fingerprint density at radius 2 is 1.86 bits per heavy atom. The molecule has 2 amide bonds. The van der Waals surface area contributed by atoms with Crippen LogP contribution in [0.1, 0.15) is 60.0 Å². The molecule has 0 radical (unpaired) electrons. The van der Waals surface area contributed by atoms with Gasteiger partial charge in [0.05, 0.1) is 11.0 Å². The molecule has 7 heteroatoms. The van der Waals surface area contributed by atoms with Crippen molar-refractivity contribution in [3.05, 3.63) is 46.8 Å². The van der Waals surface area contributed by atoms with Crippen LogP contribution in [0.3, 0.4) is 0 Å². The van der Waals surface area contributed by atoms with Gasteiger partial charge in [0.2, 0.25) is 5.91 Å². The van der Waals surface area contributed by atoms with Gasteiger partial charge >= 0.3 is 0 Å². The molecule has 7 nitrogen and oxygen atoms in total. The summed E-state index contributed by atoms with van der Waals surface area (Å²) in [5, 5.41) is 3.99. The zero-order chi connectivity index (χ0) is 21.0. The maximum atomic E-state index is 13.1. The molecule has 1 saturated heterocycles. The normalized spacial score (nSPS) is 15.9. The van der Waals surface area contributed by atoms with Gasteiger partial charge in [0.1, 0.15) is 18.1 Å². The van der Waals surface area contributed by atoms with Crippen LogP contribution in [0, 0.1) is 19.3 Å². The summed E-state index contributed by atoms with van der Waals surface area (Å²) in [6, 6.07) is 7.72. The lowest BCUT2D eigenvalue weighted by Crippen LogP contribution is -2.49. The molecule has 0 saturated carbocycles. The number of carbonyl (C=O) groups excluding carboxylic acids is 2. The van der Waals surface area contributed by atoms with E-state index in [2.05, 4.69) is 5.16 Å². The fourth-order valence-electron chi connectivity index (χ4n) is 3.90. The first kappa shape index (κ1) is 20.9. The van der Waals surface area contributed by atoms with Crippen LogP contribution in [0.15, 0.2) is 28.8 Å². The van der Waals surface area contributed by atoms with Crippen LogP contribution >= 0.6 is 0 Å². The van der Waals surface area contributed by atoms with E-state index in [9.17, 15) is 9.59 Å². The molecule has 1 fully saturated rings. The van der Waals surface area contributed by atoms with Gasteiger partial charge in [0.15, 0.2) is 5.69 Å². The minimum atomic E-state index is -0.511. The highest BCUT2D eigenvalue weighted by Crippen LogP contribution is 2.36. The van der Waals surface area contributed by atoms with Crippen molar-refractivity contribution in [3.63, 3.8) is 0 Å². The number of piperidine rings is 1. The highest BCUT2D eigenvalue weighted by Gasteiger charge is 2.40. The van der Waals surface area contributed by atoms with Crippen molar-refractivity contribution < 1.29 is 18.8 Å². The Morgan fingerprint density at radius 3 is 2.45 bits per heavy atom. The van der Waals surface area contributed by atoms with Crippen LogP contribution in [0.5, 0.6) is 5.75 Å². The van der Waals surface area contributed by atoms with Crippen molar-refractivity contribution in [2.45, 2.75) is 53.1 Å². The van der Waals surface area contributed by atoms with E-state index in [1.54, 1.807) is 11.8 Å². The summed E-state index contributed by atoms with van der Waals surface area (Å²) in [7, 11) is 0. The highest BCUT2D eigenvalue weighted by molar-refractivity contribution is 5.94. The molecule has 0 aliphatic carbocycles. The standard InChI is InChI=1S/C22H29N3O4/c1-4-9-22(21(23)27)10-12-25(13-11-22)20(26)19-18(16(3)29-24-19)14-28-17-7-5-15(2)6-8-17/h5-8H,4,9-14H2,1-3H3,(H2,23,27). The Hall–Kier alpha value is -2.83. The molecule has 1 aliphatic rings. The molecule has 1 aromatic carbocycles. The molecule has 2 aromatic rings. The monoisotopic (exact) mass is 399 g/mol. The maximum absolute atomic E-state index is 13.1. The van der Waals surface area contributed by atoms with Crippen molar-refractivity contribution in [3.8, 4) is 5.75 Å². The van der Waals surface area contributed by atoms with Crippen LogP contribution in [0.25, 0.3) is 0 Å². The Morgan fingerprint density at radius 1 is 1.21 bits per heavy atom. The van der Waals surface area contributed by atoms with Gasteiger partial charge in [-0.2, -0.15) is 0 Å². The number of rotatable bonds is 7. The van der Waals surface area contributed by atoms with Gasteiger partial charge in [-0.15, -0.1) is 0 Å². The molecule has 2 N–H and O–H groups in total. The number of nitrogens with two attached hydrogens (primary N) is 1. The topological polar surface area (TPSA) is 98.7 Å². The zero-order valence-corrected chi connectivity index (χ0v) is 17.4. The molecular weight excluding hydrogens is 370 g/mol. The Labute approximate surface area is 171 Å². The quantitative estimate of drug-likeness (QED) is 0.769. The van der Waals surface area contributed by atoms with E-state index in [1.165, 1.54) is 0 Å². The number of benzene rings is 1. The fourth-order valence-corrected chi connectivity index (χ4v) is 3.90. The number of aryl methyl sites for hydroxylation is 2. The number of nitrogens with zero attached hydrogens (tertiary/aromatic N) is 2. The zero-order valence-electron chi connectivity index (χ0n) is 17.4. The van der Waals surface area contributed by atoms with E-state index < -0.39 is 5.41 Å². The average Bonchev–Trinajstić information content (AvgIpc) is 3.08. The second-order valence-corrected chi connectivity index (χ2v) is 7.85. The highest BCUT2D eigenvalue weighted by atomic mass is 16.5. The summed E-state index contributed by atoms with van der Waals surface area (Å²) >= 11 is 0. The molecule has 3 rings (SSSR count). The van der Waals surface area contributed by atoms with Gasteiger partial charge in [0.25, 0.3) is 5.91 Å². The molecule has 0 unspecified atom stereocenters. The van der Waals surface area contributed by atoms with Gasteiger partial charge < -0.3 is 19.9 Å². The Balaban J connectivity index is 1.69. The molecule has 29 heavy (non-hydrogen) atoms. The average molecular weight is 399 g/mol. The van der Waals surface area contributed by atoms with Crippen LogP contribution < -0.4 is 10.5 Å². The third-order valence-electron chi connectivity index (χ3n) is 5.85. The summed E-state index contributed by atoms with van der Waals surface area (Å²) in [6.07, 6.45) is 2.80. The lowest BCUT2D eigenvalue weighted by Gasteiger charge is -2.39. The number of ether oxygens (including phenoxy) is 1. The van der Waals surface area contributed by atoms with Gasteiger partial charge in [-0.25, -0.2) is 0 Å². The molecule has 1 aromatic heterocycles. The lowest BCUT2D eigenvalue weighted by molar-refractivity contribution is -0.130. The predicted molar refractivity (Wildman–Crippen MR) is 108 cm³/mol. The van der Waals surface area contributed by atoms with Crippen molar-refractivity contribution >= 4 is 11.8 Å². The van der Waals surface area contributed by atoms with Crippen molar-refractivity contribution in [2.75, 3.05) is 13.1 Å². The van der Waals surface area contributed by atoms with Gasteiger partial charge in [0, 0.05) is 13.1 Å². The molecule has 1 aliphatic heterocycles. The van der Waals surface area contributed by atoms with E-state index >= 15 is 0 Å². The van der Waals surface area contributed by atoms with E-state index in [4.69, 9.17) is 15.0 Å². The summed E-state index contributed by atoms with van der Waals surface area (Å²) in [5.74, 6) is 0.822. The summed E-state index contributed by atoms with van der Waals surface area (Å²) in [6.45, 7) is 6.98. The minimum Gasteiger partial charge on any atom is -0.489 e. The maximum Gasteiger partial charge on any atom is 0.276 e. The van der Waals surface area contributed by atoms with E-state index in [0.717, 1.165) is 24.2 Å². The largest absolute Gasteiger partial charge is 0.489 e. The third-order valence-corrected chi connectivity index (χ3v) is 5.85. The number of likely N-dealkylation sites (tertiary alicyclic amines) is 1. The first-order chi connectivity index (χ1) is 13.9. The number of carbonyl (C=O) groups is 2. The van der Waals surface area contributed by atoms with Gasteiger partial charge in [-0.05, 0) is 45.2 Å².